The van der Waals surface area contributed by atoms with Gasteiger partial charge in [-0.05, 0) is 55.2 Å². The van der Waals surface area contributed by atoms with Crippen molar-refractivity contribution < 1.29 is 14.0 Å². The van der Waals surface area contributed by atoms with Crippen molar-refractivity contribution in [1.82, 2.24) is 14.8 Å². The van der Waals surface area contributed by atoms with Gasteiger partial charge in [0.25, 0.3) is 0 Å². The third-order valence-electron chi connectivity index (χ3n) is 6.00. The zero-order valence-corrected chi connectivity index (χ0v) is 18.0. The Morgan fingerprint density at radius 2 is 2.03 bits per heavy atom. The number of thioether (sulfide) groups is 1. The first-order chi connectivity index (χ1) is 15.2. The number of hydrogen-bond donors (Lipinski definition) is 1. The SMILES string of the molecule is O=C1CCc2cc(C(=O)CSc3nnc(-c4ccco4)n3C3CCCCC3)ccc2N1. The van der Waals surface area contributed by atoms with Gasteiger partial charge >= 0.3 is 0 Å². The zero-order chi connectivity index (χ0) is 21.2. The minimum atomic E-state index is 0.0246. The number of aryl methyl sites for hydroxylation is 1. The molecule has 1 N–H and O–H groups in total. The molecular formula is C23H24N4O3S. The maximum Gasteiger partial charge on any atom is 0.224 e. The molecule has 1 saturated carbocycles. The van der Waals surface area contributed by atoms with Crippen molar-refractivity contribution in [3.05, 3.63) is 47.7 Å². The normalized spacial score (nSPS) is 16.7. The van der Waals surface area contributed by atoms with E-state index in [1.165, 1.54) is 31.0 Å². The number of anilines is 1. The fraction of sp³-hybridized carbons (Fsp3) is 0.391. The maximum atomic E-state index is 12.9. The lowest BCUT2D eigenvalue weighted by Crippen LogP contribution is -2.19. The summed E-state index contributed by atoms with van der Waals surface area (Å²) >= 11 is 1.43. The van der Waals surface area contributed by atoms with Crippen LogP contribution in [-0.2, 0) is 11.2 Å². The Morgan fingerprint density at radius 1 is 1.16 bits per heavy atom. The number of benzene rings is 1. The fourth-order valence-corrected chi connectivity index (χ4v) is 5.29. The molecule has 1 fully saturated rings. The summed E-state index contributed by atoms with van der Waals surface area (Å²) in [4.78, 5) is 24.5. The smallest absolute Gasteiger partial charge is 0.224 e. The monoisotopic (exact) mass is 436 g/mol. The van der Waals surface area contributed by atoms with Gasteiger partial charge in [0.1, 0.15) is 0 Å². The lowest BCUT2D eigenvalue weighted by molar-refractivity contribution is -0.116. The number of Topliss-reactive ketones (excluding diaryl/α,β-unsaturated/α-hetero) is 1. The van der Waals surface area contributed by atoms with Crippen LogP contribution in [0.1, 0.15) is 60.5 Å². The summed E-state index contributed by atoms with van der Waals surface area (Å²) in [5, 5.41) is 12.4. The van der Waals surface area contributed by atoms with Crippen molar-refractivity contribution in [1.29, 1.82) is 0 Å². The van der Waals surface area contributed by atoms with Gasteiger partial charge in [0, 0.05) is 23.7 Å². The molecule has 3 heterocycles. The summed E-state index contributed by atoms with van der Waals surface area (Å²) in [6, 6.07) is 9.59. The number of carbonyl (C=O) groups excluding carboxylic acids is 2. The van der Waals surface area contributed by atoms with Crippen LogP contribution in [0.5, 0.6) is 0 Å². The second kappa shape index (κ2) is 8.70. The van der Waals surface area contributed by atoms with Crippen LogP contribution < -0.4 is 5.32 Å². The summed E-state index contributed by atoms with van der Waals surface area (Å²) in [6.45, 7) is 0. The van der Waals surface area contributed by atoms with Gasteiger partial charge in [-0.3, -0.25) is 14.2 Å². The molecule has 1 amide bonds. The molecule has 0 radical (unpaired) electrons. The van der Waals surface area contributed by atoms with E-state index in [1.807, 2.05) is 24.3 Å². The highest BCUT2D eigenvalue weighted by Gasteiger charge is 2.25. The molecule has 3 aromatic rings. The predicted octanol–water partition coefficient (Wildman–Crippen LogP) is 4.90. The van der Waals surface area contributed by atoms with Crippen LogP contribution in [0.25, 0.3) is 11.6 Å². The van der Waals surface area contributed by atoms with Gasteiger partial charge in [-0.1, -0.05) is 31.0 Å². The van der Waals surface area contributed by atoms with Crippen LogP contribution in [0.2, 0.25) is 0 Å². The molecule has 0 atom stereocenters. The largest absolute Gasteiger partial charge is 0.461 e. The molecule has 2 aliphatic rings. The van der Waals surface area contributed by atoms with E-state index in [-0.39, 0.29) is 17.4 Å². The number of rotatable bonds is 6. The molecule has 1 aliphatic carbocycles. The topological polar surface area (TPSA) is 90.0 Å². The summed E-state index contributed by atoms with van der Waals surface area (Å²) in [6.07, 6.45) is 8.58. The lowest BCUT2D eigenvalue weighted by Gasteiger charge is -2.25. The van der Waals surface area contributed by atoms with E-state index in [4.69, 9.17) is 4.42 Å². The first-order valence-electron chi connectivity index (χ1n) is 10.8. The van der Waals surface area contributed by atoms with Crippen molar-refractivity contribution in [2.45, 2.75) is 56.1 Å². The molecule has 31 heavy (non-hydrogen) atoms. The molecule has 0 unspecified atom stereocenters. The van der Waals surface area contributed by atoms with Crippen molar-refractivity contribution >= 4 is 29.1 Å². The third kappa shape index (κ3) is 4.17. The molecule has 7 nitrogen and oxygen atoms in total. The van der Waals surface area contributed by atoms with Gasteiger partial charge in [-0.25, -0.2) is 0 Å². The number of carbonyl (C=O) groups is 2. The average molecular weight is 437 g/mol. The minimum Gasteiger partial charge on any atom is -0.461 e. The van der Waals surface area contributed by atoms with Crippen molar-refractivity contribution in [3.8, 4) is 11.6 Å². The van der Waals surface area contributed by atoms with Gasteiger partial charge in [0.05, 0.1) is 12.0 Å². The number of amides is 1. The first kappa shape index (κ1) is 20.1. The Morgan fingerprint density at radius 3 is 2.84 bits per heavy atom. The van der Waals surface area contributed by atoms with Gasteiger partial charge in [0.15, 0.2) is 16.7 Å². The molecule has 0 saturated heterocycles. The van der Waals surface area contributed by atoms with Gasteiger partial charge in [0.2, 0.25) is 11.7 Å². The molecule has 5 rings (SSSR count). The van der Waals surface area contributed by atoms with Crippen LogP contribution in [0.3, 0.4) is 0 Å². The summed E-state index contributed by atoms with van der Waals surface area (Å²) < 4.78 is 7.76. The third-order valence-corrected chi connectivity index (χ3v) is 6.94. The molecule has 1 aliphatic heterocycles. The predicted molar refractivity (Wildman–Crippen MR) is 118 cm³/mol. The number of aromatic nitrogens is 3. The Balaban J connectivity index is 1.35. The Labute approximate surface area is 184 Å². The zero-order valence-electron chi connectivity index (χ0n) is 17.2. The van der Waals surface area contributed by atoms with E-state index in [0.717, 1.165) is 35.1 Å². The number of ketones is 1. The van der Waals surface area contributed by atoms with Gasteiger partial charge < -0.3 is 9.73 Å². The quantitative estimate of drug-likeness (QED) is 0.436. The van der Waals surface area contributed by atoms with Crippen molar-refractivity contribution in [2.24, 2.45) is 0 Å². The first-order valence-corrected chi connectivity index (χ1v) is 11.7. The van der Waals surface area contributed by atoms with E-state index >= 15 is 0 Å². The molecule has 160 valence electrons. The number of furan rings is 1. The molecule has 0 bridgehead atoms. The van der Waals surface area contributed by atoms with Crippen molar-refractivity contribution in [2.75, 3.05) is 11.1 Å². The van der Waals surface area contributed by atoms with E-state index in [9.17, 15) is 9.59 Å². The standard InChI is InChI=1S/C23H24N4O3S/c28-19(16-8-10-18-15(13-16)9-11-21(29)24-18)14-31-23-26-25-22(20-7-4-12-30-20)27(23)17-5-2-1-3-6-17/h4,7-8,10,12-13,17H,1-3,5-6,9,11,14H2,(H,24,29). The second-order valence-electron chi connectivity index (χ2n) is 8.08. The average Bonchev–Trinajstić information content (AvgIpc) is 3.47. The molecule has 0 spiro atoms. The number of fused-ring (bicyclic) bond motifs is 1. The minimum absolute atomic E-state index is 0.0246. The Kier molecular flexibility index (Phi) is 5.63. The van der Waals surface area contributed by atoms with Crippen LogP contribution in [0, 0.1) is 0 Å². The Bertz CT molecular complexity index is 1100. The van der Waals surface area contributed by atoms with E-state index in [0.29, 0.717) is 30.2 Å². The van der Waals surface area contributed by atoms with Crippen LogP contribution in [0.4, 0.5) is 5.69 Å². The van der Waals surface area contributed by atoms with Crippen LogP contribution in [0.15, 0.2) is 46.2 Å². The number of nitrogens with one attached hydrogen (secondary N) is 1. The van der Waals surface area contributed by atoms with Crippen LogP contribution in [-0.4, -0.2) is 32.2 Å². The fourth-order valence-electron chi connectivity index (χ4n) is 4.39. The molecule has 1 aromatic carbocycles. The number of nitrogens with zero attached hydrogens (tertiary/aromatic N) is 3. The second-order valence-corrected chi connectivity index (χ2v) is 9.02. The van der Waals surface area contributed by atoms with E-state index < -0.39 is 0 Å². The molecule has 8 heteroatoms. The molecule has 2 aromatic heterocycles. The highest BCUT2D eigenvalue weighted by atomic mass is 32.2. The Hall–Kier alpha value is -2.87. The highest BCUT2D eigenvalue weighted by Crippen LogP contribution is 2.36. The van der Waals surface area contributed by atoms with E-state index in [2.05, 4.69) is 20.1 Å². The van der Waals surface area contributed by atoms with Crippen LogP contribution >= 0.6 is 11.8 Å². The summed E-state index contributed by atoms with van der Waals surface area (Å²) in [5.74, 6) is 1.79. The maximum absolute atomic E-state index is 12.9. The summed E-state index contributed by atoms with van der Waals surface area (Å²) in [7, 11) is 0. The lowest BCUT2D eigenvalue weighted by atomic mass is 9.95. The molecular weight excluding hydrogens is 412 g/mol. The van der Waals surface area contributed by atoms with E-state index in [1.54, 1.807) is 12.3 Å². The van der Waals surface area contributed by atoms with Gasteiger partial charge in [-0.2, -0.15) is 0 Å². The number of hydrogen-bond acceptors (Lipinski definition) is 6. The van der Waals surface area contributed by atoms with Gasteiger partial charge in [-0.15, -0.1) is 10.2 Å². The van der Waals surface area contributed by atoms with Crippen molar-refractivity contribution in [3.63, 3.8) is 0 Å². The summed E-state index contributed by atoms with van der Waals surface area (Å²) in [5.41, 5.74) is 2.49. The highest BCUT2D eigenvalue weighted by molar-refractivity contribution is 7.99.